The summed E-state index contributed by atoms with van der Waals surface area (Å²) in [5, 5.41) is 5.12. The second-order valence-electron chi connectivity index (χ2n) is 5.40. The molecule has 21 heavy (non-hydrogen) atoms. The van der Waals surface area contributed by atoms with Gasteiger partial charge in [0.25, 0.3) is 5.91 Å². The topological polar surface area (TPSA) is 38.3 Å². The zero-order valence-electron chi connectivity index (χ0n) is 12.1. The lowest BCUT2D eigenvalue weighted by Crippen LogP contribution is -2.44. The number of fused-ring (bicyclic) bond motifs is 1. The molecule has 1 saturated heterocycles. The SMILES string of the molecule is COC1(CNC(=O)c2cccc3ccccc23)CCSC1. The number of methoxy groups -OCH3 is 1. The lowest BCUT2D eigenvalue weighted by Gasteiger charge is -2.26. The van der Waals surface area contributed by atoms with Crippen LogP contribution in [0.4, 0.5) is 0 Å². The number of carbonyl (C=O) groups is 1. The monoisotopic (exact) mass is 301 g/mol. The Morgan fingerprint density at radius 2 is 2.10 bits per heavy atom. The van der Waals surface area contributed by atoms with Crippen molar-refractivity contribution in [2.75, 3.05) is 25.2 Å². The van der Waals surface area contributed by atoms with E-state index in [4.69, 9.17) is 4.74 Å². The molecule has 0 bridgehead atoms. The molecule has 2 aromatic carbocycles. The average molecular weight is 301 g/mol. The second-order valence-corrected chi connectivity index (χ2v) is 6.50. The van der Waals surface area contributed by atoms with Gasteiger partial charge in [0.15, 0.2) is 0 Å². The summed E-state index contributed by atoms with van der Waals surface area (Å²) in [7, 11) is 1.73. The van der Waals surface area contributed by atoms with Gasteiger partial charge in [-0.05, 0) is 29.0 Å². The zero-order chi connectivity index (χ0) is 14.7. The van der Waals surface area contributed by atoms with Crippen molar-refractivity contribution in [1.29, 1.82) is 0 Å². The molecule has 0 radical (unpaired) electrons. The van der Waals surface area contributed by atoms with Crippen LogP contribution < -0.4 is 5.32 Å². The van der Waals surface area contributed by atoms with Crippen LogP contribution >= 0.6 is 11.8 Å². The van der Waals surface area contributed by atoms with Crippen molar-refractivity contribution in [3.8, 4) is 0 Å². The van der Waals surface area contributed by atoms with Gasteiger partial charge >= 0.3 is 0 Å². The number of hydrogen-bond acceptors (Lipinski definition) is 3. The minimum Gasteiger partial charge on any atom is -0.376 e. The molecule has 4 heteroatoms. The first kappa shape index (κ1) is 14.4. The van der Waals surface area contributed by atoms with Crippen LogP contribution in [-0.4, -0.2) is 36.7 Å². The highest BCUT2D eigenvalue weighted by molar-refractivity contribution is 7.99. The van der Waals surface area contributed by atoms with Crippen LogP contribution in [0.15, 0.2) is 42.5 Å². The van der Waals surface area contributed by atoms with Gasteiger partial charge in [-0.3, -0.25) is 4.79 Å². The van der Waals surface area contributed by atoms with Crippen LogP contribution in [0.1, 0.15) is 16.8 Å². The first-order valence-corrected chi connectivity index (χ1v) is 8.28. The number of hydrogen-bond donors (Lipinski definition) is 1. The Hall–Kier alpha value is -1.52. The molecule has 1 aliphatic rings. The average Bonchev–Trinajstić information content (AvgIpc) is 3.01. The van der Waals surface area contributed by atoms with Gasteiger partial charge < -0.3 is 10.1 Å². The fourth-order valence-corrected chi connectivity index (χ4v) is 4.12. The van der Waals surface area contributed by atoms with Gasteiger partial charge in [-0.25, -0.2) is 0 Å². The van der Waals surface area contributed by atoms with Gasteiger partial charge in [0, 0.05) is 25.0 Å². The van der Waals surface area contributed by atoms with Crippen molar-refractivity contribution in [1.82, 2.24) is 5.32 Å². The largest absolute Gasteiger partial charge is 0.376 e. The molecule has 3 nitrogen and oxygen atoms in total. The summed E-state index contributed by atoms with van der Waals surface area (Å²) in [5.41, 5.74) is 0.523. The Balaban J connectivity index is 1.78. The normalized spacial score (nSPS) is 21.6. The Labute approximate surface area is 129 Å². The summed E-state index contributed by atoms with van der Waals surface area (Å²) in [4.78, 5) is 12.5. The predicted octanol–water partition coefficient (Wildman–Crippen LogP) is 3.09. The fraction of sp³-hybridized carbons (Fsp3) is 0.353. The molecule has 1 heterocycles. The molecule has 110 valence electrons. The standard InChI is InChI=1S/C17H19NO2S/c1-20-17(9-10-21-12-17)11-18-16(19)15-8-4-6-13-5-2-3-7-14(13)15/h2-8H,9-12H2,1H3,(H,18,19). The maximum atomic E-state index is 12.5. The van der Waals surface area contributed by atoms with E-state index in [1.165, 1.54) is 0 Å². The van der Waals surface area contributed by atoms with Crippen LogP contribution in [0.3, 0.4) is 0 Å². The molecule has 1 unspecified atom stereocenters. The summed E-state index contributed by atoms with van der Waals surface area (Å²) in [6.07, 6.45) is 0.990. The summed E-state index contributed by atoms with van der Waals surface area (Å²) >= 11 is 1.88. The van der Waals surface area contributed by atoms with Crippen LogP contribution in [0.2, 0.25) is 0 Å². The molecule has 2 aromatic rings. The van der Waals surface area contributed by atoms with Crippen molar-refractivity contribution < 1.29 is 9.53 Å². The third-order valence-corrected chi connectivity index (χ3v) is 5.33. The number of benzene rings is 2. The fourth-order valence-electron chi connectivity index (χ4n) is 2.72. The van der Waals surface area contributed by atoms with Gasteiger partial charge in [-0.1, -0.05) is 36.4 Å². The Kier molecular flexibility index (Phi) is 4.17. The lowest BCUT2D eigenvalue weighted by molar-refractivity contribution is 0.0137. The maximum Gasteiger partial charge on any atom is 0.252 e. The Morgan fingerprint density at radius 3 is 2.86 bits per heavy atom. The van der Waals surface area contributed by atoms with E-state index in [2.05, 4.69) is 5.32 Å². The van der Waals surface area contributed by atoms with E-state index in [1.54, 1.807) is 7.11 Å². The molecule has 3 rings (SSSR count). The molecule has 0 aliphatic carbocycles. The molecule has 0 saturated carbocycles. The molecular weight excluding hydrogens is 282 g/mol. The van der Waals surface area contributed by atoms with Crippen molar-refractivity contribution in [3.63, 3.8) is 0 Å². The first-order valence-electron chi connectivity index (χ1n) is 7.13. The van der Waals surface area contributed by atoms with Crippen LogP contribution in [0, 0.1) is 0 Å². The number of nitrogens with one attached hydrogen (secondary N) is 1. The molecule has 0 spiro atoms. The van der Waals surface area contributed by atoms with E-state index in [1.807, 2.05) is 54.2 Å². The highest BCUT2D eigenvalue weighted by Gasteiger charge is 2.34. The van der Waals surface area contributed by atoms with Gasteiger partial charge in [0.1, 0.15) is 0 Å². The van der Waals surface area contributed by atoms with E-state index < -0.39 is 0 Å². The second kappa shape index (κ2) is 6.08. The molecule has 1 fully saturated rings. The van der Waals surface area contributed by atoms with Crippen LogP contribution in [0.5, 0.6) is 0 Å². The molecule has 1 aliphatic heterocycles. The molecule has 1 N–H and O–H groups in total. The number of ether oxygens (including phenoxy) is 1. The maximum absolute atomic E-state index is 12.5. The van der Waals surface area contributed by atoms with Crippen LogP contribution in [-0.2, 0) is 4.74 Å². The van der Waals surface area contributed by atoms with Gasteiger partial charge in [-0.2, -0.15) is 11.8 Å². The minimum atomic E-state index is -0.203. The third kappa shape index (κ3) is 2.92. The smallest absolute Gasteiger partial charge is 0.252 e. The molecule has 0 aromatic heterocycles. The van der Waals surface area contributed by atoms with E-state index in [0.29, 0.717) is 6.54 Å². The summed E-state index contributed by atoms with van der Waals surface area (Å²) in [5.74, 6) is 2.01. The highest BCUT2D eigenvalue weighted by atomic mass is 32.2. The Bertz CT molecular complexity index is 645. The van der Waals surface area contributed by atoms with Crippen molar-refractivity contribution >= 4 is 28.4 Å². The number of rotatable bonds is 4. The van der Waals surface area contributed by atoms with E-state index in [0.717, 1.165) is 34.3 Å². The van der Waals surface area contributed by atoms with E-state index in [-0.39, 0.29) is 11.5 Å². The number of carbonyl (C=O) groups excluding carboxylic acids is 1. The summed E-state index contributed by atoms with van der Waals surface area (Å²) in [6.45, 7) is 0.568. The first-order chi connectivity index (χ1) is 10.2. The molecular formula is C17H19NO2S. The van der Waals surface area contributed by atoms with E-state index >= 15 is 0 Å². The van der Waals surface area contributed by atoms with Crippen molar-refractivity contribution in [2.45, 2.75) is 12.0 Å². The van der Waals surface area contributed by atoms with E-state index in [9.17, 15) is 4.79 Å². The van der Waals surface area contributed by atoms with Crippen molar-refractivity contribution in [2.24, 2.45) is 0 Å². The Morgan fingerprint density at radius 1 is 1.29 bits per heavy atom. The highest BCUT2D eigenvalue weighted by Crippen LogP contribution is 2.30. The lowest BCUT2D eigenvalue weighted by atomic mass is 10.0. The van der Waals surface area contributed by atoms with Crippen molar-refractivity contribution in [3.05, 3.63) is 48.0 Å². The summed E-state index contributed by atoms with van der Waals surface area (Å²) < 4.78 is 5.64. The van der Waals surface area contributed by atoms with Gasteiger partial charge in [0.05, 0.1) is 5.60 Å². The summed E-state index contributed by atoms with van der Waals surface area (Å²) in [6, 6.07) is 13.8. The quantitative estimate of drug-likeness (QED) is 0.943. The minimum absolute atomic E-state index is 0.0277. The van der Waals surface area contributed by atoms with Crippen LogP contribution in [0.25, 0.3) is 10.8 Å². The number of amides is 1. The van der Waals surface area contributed by atoms with Gasteiger partial charge in [-0.15, -0.1) is 0 Å². The molecule has 1 amide bonds. The zero-order valence-corrected chi connectivity index (χ0v) is 12.9. The predicted molar refractivity (Wildman–Crippen MR) is 88.0 cm³/mol. The van der Waals surface area contributed by atoms with Gasteiger partial charge in [0.2, 0.25) is 0 Å². The molecule has 1 atom stereocenters. The third-order valence-electron chi connectivity index (χ3n) is 4.11. The number of thioether (sulfide) groups is 1.